The number of carbonyl (C=O) groups is 2. The summed E-state index contributed by atoms with van der Waals surface area (Å²) in [5, 5.41) is 5.99. The topological polar surface area (TPSA) is 80.3 Å². The monoisotopic (exact) mass is 375 g/mol. The zero-order valence-corrected chi connectivity index (χ0v) is 15.9. The van der Waals surface area contributed by atoms with E-state index in [-0.39, 0.29) is 5.91 Å². The van der Waals surface area contributed by atoms with Crippen LogP contribution in [-0.2, 0) is 4.74 Å². The molecule has 0 aliphatic rings. The lowest BCUT2D eigenvalue weighted by Crippen LogP contribution is -2.13. The molecule has 0 fully saturated rings. The van der Waals surface area contributed by atoms with Gasteiger partial charge in [0.25, 0.3) is 5.91 Å². The minimum Gasteiger partial charge on any atom is -0.465 e. The summed E-state index contributed by atoms with van der Waals surface area (Å²) in [6.07, 6.45) is 1.50. The quantitative estimate of drug-likeness (QED) is 0.643. The Morgan fingerprint density at radius 2 is 1.64 bits per heavy atom. The van der Waals surface area contributed by atoms with Crippen LogP contribution in [0.15, 0.2) is 60.8 Å². The van der Waals surface area contributed by atoms with Crippen LogP contribution in [-0.4, -0.2) is 24.0 Å². The van der Waals surface area contributed by atoms with Gasteiger partial charge in [-0.2, -0.15) is 0 Å². The van der Waals surface area contributed by atoms with Crippen molar-refractivity contribution in [2.45, 2.75) is 13.8 Å². The van der Waals surface area contributed by atoms with E-state index in [9.17, 15) is 9.59 Å². The summed E-state index contributed by atoms with van der Waals surface area (Å²) in [6.45, 7) is 4.07. The molecule has 142 valence electrons. The van der Waals surface area contributed by atoms with Gasteiger partial charge in [0.2, 0.25) is 0 Å². The molecule has 0 saturated heterocycles. The number of anilines is 3. The van der Waals surface area contributed by atoms with Gasteiger partial charge in [0, 0.05) is 17.6 Å². The van der Waals surface area contributed by atoms with Crippen molar-refractivity contribution in [2.75, 3.05) is 17.7 Å². The number of benzene rings is 2. The Morgan fingerprint density at radius 1 is 0.893 bits per heavy atom. The average Bonchev–Trinajstić information content (AvgIpc) is 2.67. The summed E-state index contributed by atoms with van der Waals surface area (Å²) < 4.78 is 4.69. The van der Waals surface area contributed by atoms with E-state index in [1.165, 1.54) is 13.3 Å². The molecule has 0 bridgehead atoms. The Bertz CT molecular complexity index is 994. The minimum absolute atomic E-state index is 0.313. The molecule has 2 N–H and O–H groups in total. The van der Waals surface area contributed by atoms with Crippen molar-refractivity contribution in [3.8, 4) is 0 Å². The van der Waals surface area contributed by atoms with Crippen molar-refractivity contribution in [2.24, 2.45) is 0 Å². The van der Waals surface area contributed by atoms with Gasteiger partial charge in [-0.15, -0.1) is 0 Å². The van der Waals surface area contributed by atoms with Crippen LogP contribution < -0.4 is 10.6 Å². The summed E-state index contributed by atoms with van der Waals surface area (Å²) in [6, 6.07) is 16.2. The molecule has 0 saturated carbocycles. The predicted octanol–water partition coefficient (Wildman–Crippen LogP) is 4.48. The standard InChI is InChI=1S/C22H21N3O3/c1-14-9-15(2)11-19(10-14)24-20-8-7-17(13-23-20)21(26)25-18-6-4-5-16(12-18)22(27)28-3/h4-13H,1-3H3,(H,23,24)(H,25,26). The third-order valence-electron chi connectivity index (χ3n) is 4.06. The van der Waals surface area contributed by atoms with Gasteiger partial charge in [0.05, 0.1) is 18.2 Å². The molecule has 6 nitrogen and oxygen atoms in total. The zero-order valence-electron chi connectivity index (χ0n) is 15.9. The number of ether oxygens (including phenoxy) is 1. The second-order valence-corrected chi connectivity index (χ2v) is 6.46. The highest BCUT2D eigenvalue weighted by atomic mass is 16.5. The first-order valence-corrected chi connectivity index (χ1v) is 8.76. The van der Waals surface area contributed by atoms with Crippen LogP contribution in [0.4, 0.5) is 17.2 Å². The molecule has 0 radical (unpaired) electrons. The SMILES string of the molecule is COC(=O)c1cccc(NC(=O)c2ccc(Nc3cc(C)cc(C)c3)nc2)c1. The molecule has 0 unspecified atom stereocenters. The molecule has 3 rings (SSSR count). The molecule has 1 aromatic heterocycles. The van der Waals surface area contributed by atoms with Crippen molar-refractivity contribution in [1.29, 1.82) is 0 Å². The lowest BCUT2D eigenvalue weighted by molar-refractivity contribution is 0.0600. The maximum Gasteiger partial charge on any atom is 0.337 e. The first-order chi connectivity index (χ1) is 13.4. The first-order valence-electron chi connectivity index (χ1n) is 8.76. The van der Waals surface area contributed by atoms with E-state index in [0.29, 0.717) is 22.6 Å². The molecule has 0 aliphatic carbocycles. The highest BCUT2D eigenvalue weighted by molar-refractivity contribution is 6.04. The molecule has 0 atom stereocenters. The van der Waals surface area contributed by atoms with E-state index in [1.54, 1.807) is 36.4 Å². The predicted molar refractivity (Wildman–Crippen MR) is 109 cm³/mol. The number of rotatable bonds is 5. The van der Waals surface area contributed by atoms with Crippen molar-refractivity contribution < 1.29 is 14.3 Å². The Hall–Kier alpha value is -3.67. The van der Waals surface area contributed by atoms with Gasteiger partial charge in [-0.1, -0.05) is 12.1 Å². The highest BCUT2D eigenvalue weighted by Crippen LogP contribution is 2.19. The first kappa shape index (κ1) is 19.1. The number of pyridine rings is 1. The summed E-state index contributed by atoms with van der Waals surface area (Å²) >= 11 is 0. The lowest BCUT2D eigenvalue weighted by atomic mass is 10.1. The maximum atomic E-state index is 12.4. The van der Waals surface area contributed by atoms with E-state index >= 15 is 0 Å². The van der Waals surface area contributed by atoms with E-state index in [0.717, 1.165) is 16.8 Å². The number of aromatic nitrogens is 1. The number of nitrogens with one attached hydrogen (secondary N) is 2. The van der Waals surface area contributed by atoms with Crippen LogP contribution in [0.2, 0.25) is 0 Å². The lowest BCUT2D eigenvalue weighted by Gasteiger charge is -2.09. The molecule has 1 heterocycles. The summed E-state index contributed by atoms with van der Waals surface area (Å²) in [7, 11) is 1.31. The Balaban J connectivity index is 1.69. The van der Waals surface area contributed by atoms with Crippen LogP contribution >= 0.6 is 0 Å². The van der Waals surface area contributed by atoms with Gasteiger partial charge < -0.3 is 15.4 Å². The van der Waals surface area contributed by atoms with Gasteiger partial charge in [-0.25, -0.2) is 9.78 Å². The van der Waals surface area contributed by atoms with E-state index in [1.807, 2.05) is 26.0 Å². The molecule has 28 heavy (non-hydrogen) atoms. The Labute approximate surface area is 163 Å². The molecular weight excluding hydrogens is 354 g/mol. The Kier molecular flexibility index (Phi) is 5.69. The van der Waals surface area contributed by atoms with Crippen molar-refractivity contribution in [3.63, 3.8) is 0 Å². The molecule has 1 amide bonds. The molecule has 6 heteroatoms. The van der Waals surface area contributed by atoms with E-state index in [4.69, 9.17) is 0 Å². The van der Waals surface area contributed by atoms with E-state index in [2.05, 4.69) is 26.4 Å². The number of carbonyl (C=O) groups excluding carboxylic acids is 2. The van der Waals surface area contributed by atoms with Crippen LogP contribution in [0, 0.1) is 13.8 Å². The van der Waals surface area contributed by atoms with Crippen molar-refractivity contribution in [3.05, 3.63) is 83.0 Å². The zero-order chi connectivity index (χ0) is 20.1. The number of aryl methyl sites for hydroxylation is 2. The fourth-order valence-corrected chi connectivity index (χ4v) is 2.84. The number of hydrogen-bond donors (Lipinski definition) is 2. The molecule has 2 aromatic carbocycles. The molecule has 0 aliphatic heterocycles. The van der Waals surface area contributed by atoms with Crippen LogP contribution in [0.1, 0.15) is 31.8 Å². The van der Waals surface area contributed by atoms with Crippen molar-refractivity contribution >= 4 is 29.1 Å². The van der Waals surface area contributed by atoms with Gasteiger partial charge >= 0.3 is 5.97 Å². The smallest absolute Gasteiger partial charge is 0.337 e. The summed E-state index contributed by atoms with van der Waals surface area (Å²) in [4.78, 5) is 28.3. The van der Waals surface area contributed by atoms with Gasteiger partial charge in [0.15, 0.2) is 0 Å². The Morgan fingerprint density at radius 3 is 2.29 bits per heavy atom. The molecule has 3 aromatic rings. The molecular formula is C22H21N3O3. The van der Waals surface area contributed by atoms with Crippen molar-refractivity contribution in [1.82, 2.24) is 4.98 Å². The third-order valence-corrected chi connectivity index (χ3v) is 4.06. The van der Waals surface area contributed by atoms with Gasteiger partial charge in [-0.3, -0.25) is 4.79 Å². The highest BCUT2D eigenvalue weighted by Gasteiger charge is 2.10. The molecule has 0 spiro atoms. The summed E-state index contributed by atoms with van der Waals surface area (Å²) in [5.41, 5.74) is 4.55. The second-order valence-electron chi connectivity index (χ2n) is 6.46. The van der Waals surface area contributed by atoms with E-state index < -0.39 is 5.97 Å². The number of nitrogens with zero attached hydrogens (tertiary/aromatic N) is 1. The largest absolute Gasteiger partial charge is 0.465 e. The normalized spacial score (nSPS) is 10.2. The van der Waals surface area contributed by atoms with Gasteiger partial charge in [-0.05, 0) is 67.4 Å². The fraction of sp³-hybridized carbons (Fsp3) is 0.136. The summed E-state index contributed by atoms with van der Waals surface area (Å²) in [5.74, 6) is -0.124. The third kappa shape index (κ3) is 4.73. The number of esters is 1. The number of hydrogen-bond acceptors (Lipinski definition) is 5. The van der Waals surface area contributed by atoms with Gasteiger partial charge in [0.1, 0.15) is 5.82 Å². The van der Waals surface area contributed by atoms with Crippen LogP contribution in [0.25, 0.3) is 0 Å². The number of amides is 1. The average molecular weight is 375 g/mol. The fourth-order valence-electron chi connectivity index (χ4n) is 2.84. The number of methoxy groups -OCH3 is 1. The maximum absolute atomic E-state index is 12.4. The minimum atomic E-state index is -0.459. The second kappa shape index (κ2) is 8.35. The van der Waals surface area contributed by atoms with Crippen LogP contribution in [0.3, 0.4) is 0 Å². The van der Waals surface area contributed by atoms with Crippen LogP contribution in [0.5, 0.6) is 0 Å².